The summed E-state index contributed by atoms with van der Waals surface area (Å²) in [5, 5.41) is 0. The van der Waals surface area contributed by atoms with Crippen molar-refractivity contribution in [3.63, 3.8) is 0 Å². The molecule has 4 heteroatoms. The Morgan fingerprint density at radius 3 is 2.20 bits per heavy atom. The molecule has 0 amide bonds. The second-order valence-electron chi connectivity index (χ2n) is 1.75. The molecule has 0 aromatic heterocycles. The van der Waals surface area contributed by atoms with Crippen molar-refractivity contribution < 1.29 is 9.53 Å². The summed E-state index contributed by atoms with van der Waals surface area (Å²) < 4.78 is 5.11. The van der Waals surface area contributed by atoms with E-state index < -0.39 is 0 Å². The molecule has 1 aliphatic rings. The molecule has 10 heavy (non-hydrogen) atoms. The van der Waals surface area contributed by atoms with Crippen LogP contribution in [0.25, 0.3) is 0 Å². The van der Waals surface area contributed by atoms with Crippen molar-refractivity contribution in [3.8, 4) is 0 Å². The standard InChI is InChI=1S/C6H5BrO2.H3P/c1-3-4(2)9-6(8)5(3)7;/h2H2,1H3;1H3. The molecule has 0 saturated heterocycles. The molecular formula is C6H8BrO2P. The van der Waals surface area contributed by atoms with E-state index in [2.05, 4.69) is 27.2 Å². The predicted octanol–water partition coefficient (Wildman–Crippen LogP) is 1.78. The molecular weight excluding hydrogens is 215 g/mol. The molecule has 0 fully saturated rings. The molecule has 56 valence electrons. The quantitative estimate of drug-likeness (QED) is 0.462. The maximum atomic E-state index is 10.6. The Hall–Kier alpha value is -0.140. The first-order chi connectivity index (χ1) is 4.13. The highest BCUT2D eigenvalue weighted by molar-refractivity contribution is 9.12. The van der Waals surface area contributed by atoms with Crippen LogP contribution >= 0.6 is 25.8 Å². The van der Waals surface area contributed by atoms with E-state index in [4.69, 9.17) is 0 Å². The van der Waals surface area contributed by atoms with Gasteiger partial charge in [-0.2, -0.15) is 9.90 Å². The van der Waals surface area contributed by atoms with Crippen molar-refractivity contribution in [1.29, 1.82) is 0 Å². The second-order valence-corrected chi connectivity index (χ2v) is 2.54. The maximum Gasteiger partial charge on any atom is 0.351 e. The highest BCUT2D eigenvalue weighted by Crippen LogP contribution is 2.27. The van der Waals surface area contributed by atoms with Crippen molar-refractivity contribution in [2.75, 3.05) is 0 Å². The fourth-order valence-corrected chi connectivity index (χ4v) is 0.811. The summed E-state index contributed by atoms with van der Waals surface area (Å²) in [5.74, 6) is 0.0874. The molecule has 0 aromatic rings. The van der Waals surface area contributed by atoms with Crippen molar-refractivity contribution in [3.05, 3.63) is 22.4 Å². The minimum atomic E-state index is -0.350. The number of esters is 1. The van der Waals surface area contributed by atoms with Crippen LogP contribution in [0.2, 0.25) is 0 Å². The number of cyclic esters (lactones) is 1. The lowest BCUT2D eigenvalue weighted by atomic mass is 10.3. The number of rotatable bonds is 0. The van der Waals surface area contributed by atoms with Crippen molar-refractivity contribution in [2.45, 2.75) is 6.92 Å². The number of hydrogen-bond acceptors (Lipinski definition) is 2. The number of carbonyl (C=O) groups is 1. The summed E-state index contributed by atoms with van der Waals surface area (Å²) in [6.07, 6.45) is 0. The SMILES string of the molecule is C=C1OC(=O)C(Br)=C1C.P. The van der Waals surface area contributed by atoms with Crippen LogP contribution in [-0.2, 0) is 9.53 Å². The van der Waals surface area contributed by atoms with Crippen LogP contribution in [0.1, 0.15) is 6.92 Å². The van der Waals surface area contributed by atoms with Crippen LogP contribution in [0.5, 0.6) is 0 Å². The number of hydrogen-bond donors (Lipinski definition) is 0. The highest BCUT2D eigenvalue weighted by atomic mass is 79.9. The van der Waals surface area contributed by atoms with Gasteiger partial charge in [0.15, 0.2) is 0 Å². The summed E-state index contributed by atoms with van der Waals surface area (Å²) in [6.45, 7) is 5.28. The third-order valence-electron chi connectivity index (χ3n) is 1.14. The maximum absolute atomic E-state index is 10.6. The third-order valence-corrected chi connectivity index (χ3v) is 2.06. The average molecular weight is 223 g/mol. The van der Waals surface area contributed by atoms with Gasteiger partial charge in [0.05, 0.1) is 0 Å². The fraction of sp³-hybridized carbons (Fsp3) is 0.167. The Labute approximate surface area is 71.1 Å². The van der Waals surface area contributed by atoms with Gasteiger partial charge in [0, 0.05) is 5.57 Å². The lowest BCUT2D eigenvalue weighted by molar-refractivity contribution is -0.132. The van der Waals surface area contributed by atoms with Gasteiger partial charge in [-0.15, -0.1) is 0 Å². The topological polar surface area (TPSA) is 26.3 Å². The zero-order valence-corrected chi connectivity index (χ0v) is 8.61. The molecule has 1 heterocycles. The van der Waals surface area contributed by atoms with Gasteiger partial charge >= 0.3 is 5.97 Å². The molecule has 0 saturated carbocycles. The molecule has 0 bridgehead atoms. The minimum Gasteiger partial charge on any atom is -0.423 e. The van der Waals surface area contributed by atoms with Crippen molar-refractivity contribution in [1.82, 2.24) is 0 Å². The van der Waals surface area contributed by atoms with Gasteiger partial charge in [-0.3, -0.25) is 0 Å². The van der Waals surface area contributed by atoms with E-state index in [1.54, 1.807) is 6.92 Å². The number of ether oxygens (including phenoxy) is 1. The molecule has 0 N–H and O–H groups in total. The second kappa shape index (κ2) is 3.31. The van der Waals surface area contributed by atoms with Gasteiger partial charge in [-0.05, 0) is 22.9 Å². The van der Waals surface area contributed by atoms with Crippen LogP contribution in [0.4, 0.5) is 0 Å². The summed E-state index contributed by atoms with van der Waals surface area (Å²) in [7, 11) is 0. The minimum absolute atomic E-state index is 0. The normalized spacial score (nSPS) is 17.0. The van der Waals surface area contributed by atoms with Gasteiger partial charge in [-0.1, -0.05) is 6.58 Å². The Balaban J connectivity index is 0.000000810. The third kappa shape index (κ3) is 1.47. The summed E-state index contributed by atoms with van der Waals surface area (Å²) in [4.78, 5) is 10.6. The van der Waals surface area contributed by atoms with Crippen LogP contribution in [0.15, 0.2) is 22.4 Å². The fourth-order valence-electron chi connectivity index (χ4n) is 0.509. The first kappa shape index (κ1) is 9.86. The van der Waals surface area contributed by atoms with E-state index in [1.165, 1.54) is 0 Å². The monoisotopic (exact) mass is 222 g/mol. The van der Waals surface area contributed by atoms with Gasteiger partial charge in [0.25, 0.3) is 0 Å². The molecule has 1 unspecified atom stereocenters. The zero-order valence-electron chi connectivity index (χ0n) is 5.61. The number of carbonyl (C=O) groups excluding carboxylic acids is 1. The summed E-state index contributed by atoms with van der Waals surface area (Å²) >= 11 is 3.05. The molecule has 1 atom stereocenters. The van der Waals surface area contributed by atoms with E-state index in [9.17, 15) is 4.79 Å². The molecule has 1 rings (SSSR count). The molecule has 0 radical (unpaired) electrons. The van der Waals surface area contributed by atoms with E-state index >= 15 is 0 Å². The Bertz CT molecular complexity index is 198. The highest BCUT2D eigenvalue weighted by Gasteiger charge is 2.22. The van der Waals surface area contributed by atoms with E-state index in [0.717, 1.165) is 5.57 Å². The molecule has 1 aliphatic heterocycles. The lowest BCUT2D eigenvalue weighted by Crippen LogP contribution is -1.91. The summed E-state index contributed by atoms with van der Waals surface area (Å²) in [5.41, 5.74) is 0.778. The number of halogens is 1. The van der Waals surface area contributed by atoms with Gasteiger partial charge in [-0.25, -0.2) is 4.79 Å². The summed E-state index contributed by atoms with van der Waals surface area (Å²) in [6, 6.07) is 0. The first-order valence-electron chi connectivity index (χ1n) is 2.40. The Kier molecular flexibility index (Phi) is 3.26. The zero-order chi connectivity index (χ0) is 7.02. The molecule has 0 aromatic carbocycles. The van der Waals surface area contributed by atoms with Gasteiger partial charge in [0.2, 0.25) is 0 Å². The van der Waals surface area contributed by atoms with Crippen LogP contribution in [-0.4, -0.2) is 5.97 Å². The number of allylic oxidation sites excluding steroid dienone is 1. The van der Waals surface area contributed by atoms with Crippen molar-refractivity contribution in [2.24, 2.45) is 0 Å². The molecule has 0 aliphatic carbocycles. The lowest BCUT2D eigenvalue weighted by Gasteiger charge is -1.90. The first-order valence-corrected chi connectivity index (χ1v) is 3.20. The molecule has 0 spiro atoms. The van der Waals surface area contributed by atoms with E-state index in [-0.39, 0.29) is 15.9 Å². The van der Waals surface area contributed by atoms with E-state index in [0.29, 0.717) is 10.2 Å². The van der Waals surface area contributed by atoms with Crippen LogP contribution < -0.4 is 0 Å². The van der Waals surface area contributed by atoms with E-state index in [1.807, 2.05) is 0 Å². The molecule has 2 nitrogen and oxygen atoms in total. The Morgan fingerprint density at radius 1 is 1.60 bits per heavy atom. The Morgan fingerprint density at radius 2 is 2.10 bits per heavy atom. The largest absolute Gasteiger partial charge is 0.423 e. The average Bonchev–Trinajstić information content (AvgIpc) is 1.98. The predicted molar refractivity (Wildman–Crippen MR) is 48.0 cm³/mol. The van der Waals surface area contributed by atoms with Crippen molar-refractivity contribution >= 4 is 31.8 Å². The smallest absolute Gasteiger partial charge is 0.351 e. The van der Waals surface area contributed by atoms with Crippen LogP contribution in [0, 0.1) is 0 Å². The van der Waals surface area contributed by atoms with Crippen LogP contribution in [0.3, 0.4) is 0 Å². The van der Waals surface area contributed by atoms with Gasteiger partial charge < -0.3 is 4.74 Å². The van der Waals surface area contributed by atoms with Gasteiger partial charge in [0.1, 0.15) is 10.2 Å².